The third-order valence-corrected chi connectivity index (χ3v) is 3.01. The molecule has 0 bridgehead atoms. The maximum Gasteiger partial charge on any atom is 0.229 e. The predicted molar refractivity (Wildman–Crippen MR) is 60.9 cm³/mol. The van der Waals surface area contributed by atoms with Gasteiger partial charge in [-0.05, 0) is 33.4 Å². The van der Waals surface area contributed by atoms with Gasteiger partial charge in [-0.1, -0.05) is 11.6 Å². The Morgan fingerprint density at radius 1 is 1.44 bits per heavy atom. The van der Waals surface area contributed by atoms with E-state index in [1.807, 2.05) is 19.0 Å². The van der Waals surface area contributed by atoms with Gasteiger partial charge in [0.15, 0.2) is 5.82 Å². The van der Waals surface area contributed by atoms with Crippen LogP contribution in [-0.2, 0) is 6.54 Å². The average molecular weight is 224 g/mol. The van der Waals surface area contributed by atoms with Crippen LogP contribution in [0.4, 0.5) is 0 Å². The highest BCUT2D eigenvalue weighted by Crippen LogP contribution is 2.30. The van der Waals surface area contributed by atoms with E-state index in [4.69, 9.17) is 10.3 Å². The predicted octanol–water partition coefficient (Wildman–Crippen LogP) is 1.12. The number of nitrogens with zero attached hydrogens (tertiary/aromatic N) is 3. The van der Waals surface area contributed by atoms with E-state index in [1.165, 1.54) is 0 Å². The van der Waals surface area contributed by atoms with Gasteiger partial charge in [0.1, 0.15) is 0 Å². The molecule has 0 aliphatic heterocycles. The largest absolute Gasteiger partial charge is 0.339 e. The molecule has 0 aromatic carbocycles. The molecular formula is C11H20N4O. The molecule has 0 saturated heterocycles. The van der Waals surface area contributed by atoms with Crippen molar-refractivity contribution in [1.29, 1.82) is 0 Å². The van der Waals surface area contributed by atoms with Crippen molar-refractivity contribution in [3.63, 3.8) is 0 Å². The molecule has 1 fully saturated rings. The Balaban J connectivity index is 2.00. The van der Waals surface area contributed by atoms with Gasteiger partial charge in [-0.2, -0.15) is 4.98 Å². The van der Waals surface area contributed by atoms with Crippen LogP contribution in [0.2, 0.25) is 0 Å². The van der Waals surface area contributed by atoms with Crippen LogP contribution in [0.5, 0.6) is 0 Å². The summed E-state index contributed by atoms with van der Waals surface area (Å²) in [6, 6.07) is 0.294. The molecule has 1 saturated carbocycles. The van der Waals surface area contributed by atoms with Crippen LogP contribution >= 0.6 is 0 Å². The highest BCUT2D eigenvalue weighted by molar-refractivity contribution is 4.97. The SMILES string of the molecule is CN(C)Cc1noc(C2CCCC(N)C2)n1. The fourth-order valence-corrected chi connectivity index (χ4v) is 2.23. The summed E-state index contributed by atoms with van der Waals surface area (Å²) in [5, 5.41) is 3.99. The van der Waals surface area contributed by atoms with Crippen molar-refractivity contribution in [3.05, 3.63) is 11.7 Å². The van der Waals surface area contributed by atoms with Crippen molar-refractivity contribution in [2.45, 2.75) is 44.2 Å². The first-order chi connectivity index (χ1) is 7.65. The Morgan fingerprint density at radius 2 is 2.25 bits per heavy atom. The molecule has 2 atom stereocenters. The van der Waals surface area contributed by atoms with Crippen molar-refractivity contribution in [2.75, 3.05) is 14.1 Å². The molecule has 90 valence electrons. The zero-order chi connectivity index (χ0) is 11.5. The zero-order valence-corrected chi connectivity index (χ0v) is 10.0. The Bertz CT molecular complexity index is 336. The van der Waals surface area contributed by atoms with E-state index in [0.29, 0.717) is 12.0 Å². The maximum atomic E-state index is 5.95. The first-order valence-corrected chi connectivity index (χ1v) is 5.88. The molecule has 2 rings (SSSR count). The number of hydrogen-bond donors (Lipinski definition) is 1. The van der Waals surface area contributed by atoms with Crippen molar-refractivity contribution >= 4 is 0 Å². The van der Waals surface area contributed by atoms with Gasteiger partial charge in [0.25, 0.3) is 0 Å². The molecule has 1 aromatic heterocycles. The van der Waals surface area contributed by atoms with E-state index in [-0.39, 0.29) is 0 Å². The van der Waals surface area contributed by atoms with Gasteiger partial charge >= 0.3 is 0 Å². The highest BCUT2D eigenvalue weighted by atomic mass is 16.5. The van der Waals surface area contributed by atoms with Gasteiger partial charge in [-0.3, -0.25) is 0 Å². The van der Waals surface area contributed by atoms with Crippen molar-refractivity contribution in [3.8, 4) is 0 Å². The average Bonchev–Trinajstić information content (AvgIpc) is 2.65. The van der Waals surface area contributed by atoms with Gasteiger partial charge < -0.3 is 15.2 Å². The Labute approximate surface area is 96.0 Å². The molecule has 1 heterocycles. The number of nitrogens with two attached hydrogens (primary N) is 1. The fraction of sp³-hybridized carbons (Fsp3) is 0.818. The van der Waals surface area contributed by atoms with Gasteiger partial charge in [0, 0.05) is 12.0 Å². The van der Waals surface area contributed by atoms with Crippen LogP contribution in [0.3, 0.4) is 0 Å². The molecule has 2 unspecified atom stereocenters. The summed E-state index contributed by atoms with van der Waals surface area (Å²) in [4.78, 5) is 6.46. The normalized spacial score (nSPS) is 26.2. The number of rotatable bonds is 3. The topological polar surface area (TPSA) is 68.2 Å². The van der Waals surface area contributed by atoms with Crippen LogP contribution in [0.25, 0.3) is 0 Å². The minimum Gasteiger partial charge on any atom is -0.339 e. The molecule has 5 heteroatoms. The lowest BCUT2D eigenvalue weighted by molar-refractivity contribution is 0.294. The zero-order valence-electron chi connectivity index (χ0n) is 10.0. The minimum absolute atomic E-state index is 0.294. The van der Waals surface area contributed by atoms with Crippen LogP contribution in [0.1, 0.15) is 43.3 Å². The lowest BCUT2D eigenvalue weighted by Gasteiger charge is -2.23. The van der Waals surface area contributed by atoms with Crippen LogP contribution in [-0.4, -0.2) is 35.2 Å². The van der Waals surface area contributed by atoms with Gasteiger partial charge in [-0.15, -0.1) is 0 Å². The molecular weight excluding hydrogens is 204 g/mol. The van der Waals surface area contributed by atoms with Crippen molar-refractivity contribution in [1.82, 2.24) is 15.0 Å². The summed E-state index contributed by atoms with van der Waals surface area (Å²) in [5.41, 5.74) is 5.95. The van der Waals surface area contributed by atoms with E-state index < -0.39 is 0 Å². The number of aromatic nitrogens is 2. The monoisotopic (exact) mass is 224 g/mol. The lowest BCUT2D eigenvalue weighted by atomic mass is 9.86. The quantitative estimate of drug-likeness (QED) is 0.833. The third kappa shape index (κ3) is 2.80. The molecule has 1 aliphatic carbocycles. The molecule has 1 aliphatic rings. The lowest BCUT2D eigenvalue weighted by Crippen LogP contribution is -2.27. The molecule has 0 radical (unpaired) electrons. The molecule has 0 amide bonds. The third-order valence-electron chi connectivity index (χ3n) is 3.01. The number of hydrogen-bond acceptors (Lipinski definition) is 5. The van der Waals surface area contributed by atoms with Crippen molar-refractivity contribution < 1.29 is 4.52 Å². The fourth-order valence-electron chi connectivity index (χ4n) is 2.23. The van der Waals surface area contributed by atoms with Crippen LogP contribution in [0, 0.1) is 0 Å². The van der Waals surface area contributed by atoms with Gasteiger partial charge in [-0.25, -0.2) is 0 Å². The summed E-state index contributed by atoms with van der Waals surface area (Å²) < 4.78 is 5.31. The highest BCUT2D eigenvalue weighted by Gasteiger charge is 2.25. The molecule has 0 spiro atoms. The Kier molecular flexibility index (Phi) is 3.56. The maximum absolute atomic E-state index is 5.95. The molecule has 1 aromatic rings. The Hall–Kier alpha value is -0.940. The summed E-state index contributed by atoms with van der Waals surface area (Å²) in [7, 11) is 3.99. The van der Waals surface area contributed by atoms with Crippen molar-refractivity contribution in [2.24, 2.45) is 5.73 Å². The van der Waals surface area contributed by atoms with Gasteiger partial charge in [0.05, 0.1) is 6.54 Å². The summed E-state index contributed by atoms with van der Waals surface area (Å²) in [6.07, 6.45) is 4.38. The standard InChI is InChI=1S/C11H20N4O/c1-15(2)7-10-13-11(16-14-10)8-4-3-5-9(12)6-8/h8-9H,3-7,12H2,1-2H3. The molecule has 2 N–H and O–H groups in total. The van der Waals surface area contributed by atoms with E-state index in [9.17, 15) is 0 Å². The second-order valence-electron chi connectivity index (χ2n) is 4.91. The molecule has 16 heavy (non-hydrogen) atoms. The van der Waals surface area contributed by atoms with E-state index in [2.05, 4.69) is 10.1 Å². The second kappa shape index (κ2) is 4.93. The smallest absolute Gasteiger partial charge is 0.229 e. The summed E-state index contributed by atoms with van der Waals surface area (Å²) in [6.45, 7) is 0.724. The van der Waals surface area contributed by atoms with E-state index in [0.717, 1.165) is 43.9 Å². The minimum atomic E-state index is 0.294. The Morgan fingerprint density at radius 3 is 2.94 bits per heavy atom. The summed E-state index contributed by atoms with van der Waals surface area (Å²) >= 11 is 0. The second-order valence-corrected chi connectivity index (χ2v) is 4.91. The van der Waals surface area contributed by atoms with Crippen LogP contribution < -0.4 is 5.73 Å². The summed E-state index contributed by atoms with van der Waals surface area (Å²) in [5.74, 6) is 1.90. The first-order valence-electron chi connectivity index (χ1n) is 5.88. The van der Waals surface area contributed by atoms with Crippen LogP contribution in [0.15, 0.2) is 4.52 Å². The van der Waals surface area contributed by atoms with E-state index >= 15 is 0 Å². The van der Waals surface area contributed by atoms with Gasteiger partial charge in [0.2, 0.25) is 5.89 Å². The first kappa shape index (κ1) is 11.5. The molecule has 5 nitrogen and oxygen atoms in total. The van der Waals surface area contributed by atoms with E-state index in [1.54, 1.807) is 0 Å².